The highest BCUT2D eigenvalue weighted by atomic mass is 35.5. The van der Waals surface area contributed by atoms with Crippen molar-refractivity contribution in [2.24, 2.45) is 7.05 Å². The predicted molar refractivity (Wildman–Crippen MR) is 64.2 cm³/mol. The Balaban J connectivity index is 2.17. The van der Waals surface area contributed by atoms with E-state index in [4.69, 9.17) is 11.6 Å². The second-order valence-electron chi connectivity index (χ2n) is 3.65. The largest absolute Gasteiger partial charge is 0.331 e. The molecular formula is C10H9ClN4S. The number of halogens is 1. The van der Waals surface area contributed by atoms with Gasteiger partial charge in [0, 0.05) is 24.1 Å². The van der Waals surface area contributed by atoms with Gasteiger partial charge >= 0.3 is 0 Å². The predicted octanol–water partition coefficient (Wildman–Crippen LogP) is 2.28. The number of hydrogen-bond acceptors (Lipinski definition) is 4. The average Bonchev–Trinajstić information content (AvgIpc) is 2.85. The standard InChI is InChI=1S/C10H9ClN4S/c1-15-5-12-2-8(15)10-13-7-4-16-3-6(7)9(11)14-10/h2,5H,3-4H2,1H3. The van der Waals surface area contributed by atoms with Gasteiger partial charge in [-0.3, -0.25) is 0 Å². The van der Waals surface area contributed by atoms with E-state index in [1.54, 1.807) is 12.5 Å². The fourth-order valence-corrected chi connectivity index (χ4v) is 3.08. The molecule has 0 unspecified atom stereocenters. The molecule has 0 saturated heterocycles. The zero-order chi connectivity index (χ0) is 11.1. The molecule has 0 bridgehead atoms. The Bertz CT molecular complexity index is 552. The van der Waals surface area contributed by atoms with Gasteiger partial charge in [-0.15, -0.1) is 0 Å². The number of fused-ring (bicyclic) bond motifs is 1. The molecule has 0 aromatic carbocycles. The third-order valence-corrected chi connectivity index (χ3v) is 3.86. The summed E-state index contributed by atoms with van der Waals surface area (Å²) in [7, 11) is 1.92. The first-order chi connectivity index (χ1) is 7.75. The molecule has 0 spiro atoms. The molecule has 0 aliphatic carbocycles. The van der Waals surface area contributed by atoms with Gasteiger partial charge in [-0.1, -0.05) is 11.6 Å². The molecule has 3 rings (SSSR count). The van der Waals surface area contributed by atoms with Crippen LogP contribution in [-0.2, 0) is 18.6 Å². The van der Waals surface area contributed by atoms with Crippen LogP contribution >= 0.6 is 23.4 Å². The lowest BCUT2D eigenvalue weighted by atomic mass is 10.2. The van der Waals surface area contributed by atoms with Crippen molar-refractivity contribution >= 4 is 23.4 Å². The van der Waals surface area contributed by atoms with Crippen molar-refractivity contribution in [1.82, 2.24) is 19.5 Å². The van der Waals surface area contributed by atoms with E-state index in [9.17, 15) is 0 Å². The number of aryl methyl sites for hydroxylation is 1. The third kappa shape index (κ3) is 1.51. The molecule has 4 nitrogen and oxygen atoms in total. The first-order valence-corrected chi connectivity index (χ1v) is 6.38. The Labute approximate surface area is 102 Å². The molecule has 16 heavy (non-hydrogen) atoms. The van der Waals surface area contributed by atoms with Crippen LogP contribution < -0.4 is 0 Å². The Morgan fingerprint density at radius 1 is 1.38 bits per heavy atom. The molecule has 2 aromatic heterocycles. The quantitative estimate of drug-likeness (QED) is 0.731. The highest BCUT2D eigenvalue weighted by molar-refractivity contribution is 7.98. The summed E-state index contributed by atoms with van der Waals surface area (Å²) in [5.74, 6) is 2.49. The normalized spacial score (nSPS) is 14.1. The smallest absolute Gasteiger partial charge is 0.179 e. The van der Waals surface area contributed by atoms with E-state index in [2.05, 4.69) is 15.0 Å². The molecule has 1 aliphatic heterocycles. The highest BCUT2D eigenvalue weighted by Gasteiger charge is 2.19. The van der Waals surface area contributed by atoms with Crippen LogP contribution in [0.3, 0.4) is 0 Å². The SMILES string of the molecule is Cn1cncc1-c1nc(Cl)c2c(n1)CSC2. The molecular weight excluding hydrogens is 244 g/mol. The summed E-state index contributed by atoms with van der Waals surface area (Å²) in [5, 5.41) is 0.575. The highest BCUT2D eigenvalue weighted by Crippen LogP contribution is 2.33. The van der Waals surface area contributed by atoms with Crippen molar-refractivity contribution in [3.8, 4) is 11.5 Å². The fourth-order valence-electron chi connectivity index (χ4n) is 1.70. The topological polar surface area (TPSA) is 43.6 Å². The second kappa shape index (κ2) is 3.75. The second-order valence-corrected chi connectivity index (χ2v) is 4.99. The lowest BCUT2D eigenvalue weighted by Crippen LogP contribution is -2.00. The zero-order valence-electron chi connectivity index (χ0n) is 8.64. The van der Waals surface area contributed by atoms with Crippen LogP contribution in [0, 0.1) is 0 Å². The number of nitrogens with zero attached hydrogens (tertiary/aromatic N) is 4. The summed E-state index contributed by atoms with van der Waals surface area (Å²) in [5.41, 5.74) is 3.03. The van der Waals surface area contributed by atoms with Gasteiger partial charge in [-0.05, 0) is 0 Å². The van der Waals surface area contributed by atoms with Crippen LogP contribution in [0.4, 0.5) is 0 Å². The van der Waals surface area contributed by atoms with E-state index in [0.29, 0.717) is 11.0 Å². The maximum Gasteiger partial charge on any atom is 0.179 e. The van der Waals surface area contributed by atoms with Gasteiger partial charge in [-0.2, -0.15) is 11.8 Å². The molecule has 6 heteroatoms. The van der Waals surface area contributed by atoms with Crippen LogP contribution in [0.5, 0.6) is 0 Å². The van der Waals surface area contributed by atoms with Crippen molar-refractivity contribution in [3.63, 3.8) is 0 Å². The minimum atomic E-state index is 0.575. The lowest BCUT2D eigenvalue weighted by Gasteiger charge is -2.05. The van der Waals surface area contributed by atoms with Crippen LogP contribution in [0.15, 0.2) is 12.5 Å². The number of rotatable bonds is 1. The maximum absolute atomic E-state index is 6.15. The summed E-state index contributed by atoms with van der Waals surface area (Å²) in [6.45, 7) is 0. The fraction of sp³-hybridized carbons (Fsp3) is 0.300. The van der Waals surface area contributed by atoms with Crippen molar-refractivity contribution in [1.29, 1.82) is 0 Å². The van der Waals surface area contributed by atoms with E-state index in [1.165, 1.54) is 0 Å². The minimum Gasteiger partial charge on any atom is -0.331 e. The number of hydrogen-bond donors (Lipinski definition) is 0. The lowest BCUT2D eigenvalue weighted by molar-refractivity contribution is 0.904. The van der Waals surface area contributed by atoms with Gasteiger partial charge in [0.25, 0.3) is 0 Å². The molecule has 0 fully saturated rings. The Kier molecular flexibility index (Phi) is 2.37. The Hall–Kier alpha value is -1.07. The molecule has 2 aromatic rings. The first-order valence-electron chi connectivity index (χ1n) is 4.85. The number of thioether (sulfide) groups is 1. The number of imidazole rings is 1. The van der Waals surface area contributed by atoms with Crippen LogP contribution in [-0.4, -0.2) is 19.5 Å². The molecule has 0 radical (unpaired) electrons. The van der Waals surface area contributed by atoms with E-state index >= 15 is 0 Å². The molecule has 82 valence electrons. The van der Waals surface area contributed by atoms with Crippen LogP contribution in [0.25, 0.3) is 11.5 Å². The van der Waals surface area contributed by atoms with Crippen molar-refractivity contribution in [2.45, 2.75) is 11.5 Å². The average molecular weight is 253 g/mol. The molecule has 0 N–H and O–H groups in total. The molecule has 0 saturated carbocycles. The van der Waals surface area contributed by atoms with E-state index in [-0.39, 0.29) is 0 Å². The van der Waals surface area contributed by atoms with Crippen LogP contribution in [0.1, 0.15) is 11.3 Å². The molecule has 0 atom stereocenters. The summed E-state index contributed by atoms with van der Waals surface area (Å²) < 4.78 is 1.89. The zero-order valence-corrected chi connectivity index (χ0v) is 10.2. The van der Waals surface area contributed by atoms with Gasteiger partial charge < -0.3 is 4.57 Å². The van der Waals surface area contributed by atoms with Gasteiger partial charge in [0.15, 0.2) is 5.82 Å². The molecule has 3 heterocycles. The summed E-state index contributed by atoms with van der Waals surface area (Å²) in [4.78, 5) is 12.9. The van der Waals surface area contributed by atoms with Gasteiger partial charge in [0.2, 0.25) is 0 Å². The van der Waals surface area contributed by atoms with E-state index in [0.717, 1.165) is 28.5 Å². The van der Waals surface area contributed by atoms with Crippen LogP contribution in [0.2, 0.25) is 5.15 Å². The van der Waals surface area contributed by atoms with Crippen molar-refractivity contribution < 1.29 is 0 Å². The summed E-state index contributed by atoms with van der Waals surface area (Å²) >= 11 is 7.97. The minimum absolute atomic E-state index is 0.575. The van der Waals surface area contributed by atoms with Gasteiger partial charge in [0.1, 0.15) is 10.8 Å². The van der Waals surface area contributed by atoms with Crippen molar-refractivity contribution in [3.05, 3.63) is 28.9 Å². The number of aromatic nitrogens is 4. The first kappa shape index (κ1) is 10.1. The van der Waals surface area contributed by atoms with E-state index < -0.39 is 0 Å². The molecule has 1 aliphatic rings. The Morgan fingerprint density at radius 3 is 3.00 bits per heavy atom. The molecule has 0 amide bonds. The van der Waals surface area contributed by atoms with Gasteiger partial charge in [-0.25, -0.2) is 15.0 Å². The van der Waals surface area contributed by atoms with Crippen molar-refractivity contribution in [2.75, 3.05) is 0 Å². The summed E-state index contributed by atoms with van der Waals surface area (Å²) in [6, 6.07) is 0. The maximum atomic E-state index is 6.15. The third-order valence-electron chi connectivity index (χ3n) is 2.57. The van der Waals surface area contributed by atoms with E-state index in [1.807, 2.05) is 23.4 Å². The van der Waals surface area contributed by atoms with Gasteiger partial charge in [0.05, 0.1) is 18.2 Å². The Morgan fingerprint density at radius 2 is 2.25 bits per heavy atom. The summed E-state index contributed by atoms with van der Waals surface area (Å²) in [6.07, 6.45) is 3.48. The monoisotopic (exact) mass is 252 g/mol.